The Balaban J connectivity index is 1.56. The molecular weight excluding hydrogens is 356 g/mol. The van der Waals surface area contributed by atoms with Gasteiger partial charge in [-0.05, 0) is 32.4 Å². The molecule has 0 amide bonds. The second-order valence-corrected chi connectivity index (χ2v) is 7.31. The fourth-order valence-electron chi connectivity index (χ4n) is 3.79. The van der Waals surface area contributed by atoms with Crippen molar-refractivity contribution in [2.45, 2.75) is 32.4 Å². The molecule has 156 valence electrons. The summed E-state index contributed by atoms with van der Waals surface area (Å²) >= 11 is 0. The number of nitrogens with zero attached hydrogens (tertiary/aromatic N) is 3. The third-order valence-electron chi connectivity index (χ3n) is 5.26. The van der Waals surface area contributed by atoms with Gasteiger partial charge in [0.05, 0.1) is 26.9 Å². The van der Waals surface area contributed by atoms with E-state index in [1.807, 2.05) is 31.2 Å². The molecule has 0 bridgehead atoms. The van der Waals surface area contributed by atoms with Crippen LogP contribution in [0.5, 0.6) is 11.5 Å². The van der Waals surface area contributed by atoms with Crippen LogP contribution in [-0.4, -0.2) is 87.5 Å². The van der Waals surface area contributed by atoms with Crippen LogP contribution in [0, 0.1) is 0 Å². The van der Waals surface area contributed by atoms with E-state index in [1.165, 1.54) is 6.42 Å². The molecule has 2 saturated heterocycles. The van der Waals surface area contributed by atoms with E-state index >= 15 is 0 Å². The molecule has 7 nitrogen and oxygen atoms in total. The van der Waals surface area contributed by atoms with Crippen molar-refractivity contribution < 1.29 is 14.2 Å². The molecule has 1 N–H and O–H groups in total. The lowest BCUT2D eigenvalue weighted by Gasteiger charge is -2.32. The lowest BCUT2D eigenvalue weighted by molar-refractivity contribution is 0.0195. The summed E-state index contributed by atoms with van der Waals surface area (Å²) in [5.74, 6) is 2.48. The van der Waals surface area contributed by atoms with E-state index in [9.17, 15) is 0 Å². The summed E-state index contributed by atoms with van der Waals surface area (Å²) in [6, 6.07) is 8.32. The average Bonchev–Trinajstić information content (AvgIpc) is 3.22. The molecule has 1 aromatic carbocycles. The van der Waals surface area contributed by atoms with E-state index in [-0.39, 0.29) is 6.10 Å². The molecule has 2 aliphatic heterocycles. The number of benzene rings is 1. The number of hydrogen-bond donors (Lipinski definition) is 1. The highest BCUT2D eigenvalue weighted by molar-refractivity contribution is 5.80. The first kappa shape index (κ1) is 20.7. The first-order valence-corrected chi connectivity index (χ1v) is 10.4. The van der Waals surface area contributed by atoms with Gasteiger partial charge in [0.15, 0.2) is 17.5 Å². The number of rotatable bonds is 7. The lowest BCUT2D eigenvalue weighted by Crippen LogP contribution is -2.46. The third-order valence-corrected chi connectivity index (χ3v) is 5.26. The van der Waals surface area contributed by atoms with Crippen LogP contribution in [0.2, 0.25) is 0 Å². The standard InChI is InChI=1S/C21H34N4O3/c1-4-22-21(25-10-9-18(16-25)24-11-13-27-14-12-24)23-15-17(2)28-20-8-6-5-7-19(20)26-3/h5-8,17-18H,4,9-16H2,1-3H3,(H,22,23). The van der Waals surface area contributed by atoms with Crippen molar-refractivity contribution in [3.8, 4) is 11.5 Å². The lowest BCUT2D eigenvalue weighted by atomic mass is 10.2. The molecule has 1 aromatic rings. The third kappa shape index (κ3) is 5.52. The van der Waals surface area contributed by atoms with Crippen LogP contribution in [-0.2, 0) is 4.74 Å². The fraction of sp³-hybridized carbons (Fsp3) is 0.667. The quantitative estimate of drug-likeness (QED) is 0.566. The van der Waals surface area contributed by atoms with Gasteiger partial charge in [0.2, 0.25) is 0 Å². The van der Waals surface area contributed by atoms with Crippen molar-refractivity contribution in [2.75, 3.05) is 59.6 Å². The van der Waals surface area contributed by atoms with Crippen molar-refractivity contribution in [3.63, 3.8) is 0 Å². The Bertz CT molecular complexity index is 634. The Kier molecular flexibility index (Phi) is 7.80. The molecule has 0 spiro atoms. The van der Waals surface area contributed by atoms with Crippen LogP contribution >= 0.6 is 0 Å². The van der Waals surface area contributed by atoms with Crippen molar-refractivity contribution in [1.29, 1.82) is 0 Å². The summed E-state index contributed by atoms with van der Waals surface area (Å²) in [5.41, 5.74) is 0. The summed E-state index contributed by atoms with van der Waals surface area (Å²) in [6.45, 7) is 11.4. The van der Waals surface area contributed by atoms with Gasteiger partial charge in [0.1, 0.15) is 6.10 Å². The zero-order valence-corrected chi connectivity index (χ0v) is 17.4. The summed E-state index contributed by atoms with van der Waals surface area (Å²) < 4.78 is 16.9. The Hall–Kier alpha value is -1.99. The van der Waals surface area contributed by atoms with Gasteiger partial charge in [-0.25, -0.2) is 4.99 Å². The molecule has 28 heavy (non-hydrogen) atoms. The SMILES string of the molecule is CCNC(=NCC(C)Oc1ccccc1OC)N1CCC(N2CCOCC2)C1. The zero-order valence-electron chi connectivity index (χ0n) is 17.4. The second kappa shape index (κ2) is 10.5. The van der Waals surface area contributed by atoms with E-state index in [2.05, 4.69) is 22.0 Å². The van der Waals surface area contributed by atoms with E-state index in [1.54, 1.807) is 7.11 Å². The topological polar surface area (TPSA) is 58.6 Å². The first-order chi connectivity index (χ1) is 13.7. The van der Waals surface area contributed by atoms with Crippen LogP contribution in [0.15, 0.2) is 29.3 Å². The fourth-order valence-corrected chi connectivity index (χ4v) is 3.79. The summed E-state index contributed by atoms with van der Waals surface area (Å²) in [5, 5.41) is 3.44. The molecule has 2 unspecified atom stereocenters. The van der Waals surface area contributed by atoms with Crippen molar-refractivity contribution in [2.24, 2.45) is 4.99 Å². The van der Waals surface area contributed by atoms with Gasteiger partial charge < -0.3 is 24.4 Å². The predicted molar refractivity (Wildman–Crippen MR) is 111 cm³/mol. The number of ether oxygens (including phenoxy) is 3. The van der Waals surface area contributed by atoms with Crippen LogP contribution in [0.25, 0.3) is 0 Å². The van der Waals surface area contributed by atoms with Gasteiger partial charge in [-0.2, -0.15) is 0 Å². The summed E-state index contributed by atoms with van der Waals surface area (Å²) in [4.78, 5) is 9.78. The van der Waals surface area contributed by atoms with E-state index in [0.717, 1.165) is 63.4 Å². The number of methoxy groups -OCH3 is 1. The number of guanidine groups is 1. The molecular formula is C21H34N4O3. The minimum atomic E-state index is -0.0393. The number of nitrogens with one attached hydrogen (secondary N) is 1. The normalized spacial score (nSPS) is 22.2. The highest BCUT2D eigenvalue weighted by Gasteiger charge is 2.30. The van der Waals surface area contributed by atoms with Gasteiger partial charge in [0, 0.05) is 38.8 Å². The first-order valence-electron chi connectivity index (χ1n) is 10.4. The minimum Gasteiger partial charge on any atom is -0.493 e. The Morgan fingerprint density at radius 2 is 2.00 bits per heavy atom. The molecule has 2 heterocycles. The highest BCUT2D eigenvalue weighted by atomic mass is 16.5. The molecule has 2 fully saturated rings. The van der Waals surface area contributed by atoms with Crippen LogP contribution in [0.1, 0.15) is 20.3 Å². The number of likely N-dealkylation sites (tertiary alicyclic amines) is 1. The number of aliphatic imine (C=N–C) groups is 1. The summed E-state index contributed by atoms with van der Waals surface area (Å²) in [7, 11) is 1.66. The van der Waals surface area contributed by atoms with Crippen molar-refractivity contribution in [3.05, 3.63) is 24.3 Å². The maximum Gasteiger partial charge on any atom is 0.194 e. The monoisotopic (exact) mass is 390 g/mol. The van der Waals surface area contributed by atoms with Crippen LogP contribution in [0.3, 0.4) is 0 Å². The molecule has 7 heteroatoms. The molecule has 2 aliphatic rings. The Morgan fingerprint density at radius 3 is 2.71 bits per heavy atom. The Labute approximate surface area is 168 Å². The zero-order chi connectivity index (χ0) is 19.8. The summed E-state index contributed by atoms with van der Waals surface area (Å²) in [6.07, 6.45) is 1.14. The van der Waals surface area contributed by atoms with E-state index < -0.39 is 0 Å². The molecule has 0 radical (unpaired) electrons. The molecule has 0 aromatic heterocycles. The van der Waals surface area contributed by atoms with Gasteiger partial charge in [0.25, 0.3) is 0 Å². The molecule has 0 aliphatic carbocycles. The minimum absolute atomic E-state index is 0.0393. The Morgan fingerprint density at radius 1 is 1.25 bits per heavy atom. The van der Waals surface area contributed by atoms with Crippen LogP contribution in [0.4, 0.5) is 0 Å². The number of hydrogen-bond acceptors (Lipinski definition) is 5. The van der Waals surface area contributed by atoms with Gasteiger partial charge in [-0.15, -0.1) is 0 Å². The molecule has 3 rings (SSSR count). The maximum absolute atomic E-state index is 6.04. The predicted octanol–water partition coefficient (Wildman–Crippen LogP) is 1.83. The highest BCUT2D eigenvalue weighted by Crippen LogP contribution is 2.26. The average molecular weight is 391 g/mol. The van der Waals surface area contributed by atoms with Crippen molar-refractivity contribution >= 4 is 5.96 Å². The number of para-hydroxylation sites is 2. The van der Waals surface area contributed by atoms with Crippen molar-refractivity contribution in [1.82, 2.24) is 15.1 Å². The molecule has 0 saturated carbocycles. The van der Waals surface area contributed by atoms with Gasteiger partial charge in [-0.3, -0.25) is 4.90 Å². The van der Waals surface area contributed by atoms with Crippen LogP contribution < -0.4 is 14.8 Å². The van der Waals surface area contributed by atoms with Gasteiger partial charge >= 0.3 is 0 Å². The number of morpholine rings is 1. The smallest absolute Gasteiger partial charge is 0.194 e. The van der Waals surface area contributed by atoms with E-state index in [0.29, 0.717) is 12.6 Å². The maximum atomic E-state index is 6.04. The molecule has 2 atom stereocenters. The second-order valence-electron chi connectivity index (χ2n) is 7.31. The largest absolute Gasteiger partial charge is 0.493 e. The van der Waals surface area contributed by atoms with E-state index in [4.69, 9.17) is 19.2 Å². The van der Waals surface area contributed by atoms with Gasteiger partial charge in [-0.1, -0.05) is 12.1 Å².